The third-order valence-electron chi connectivity index (χ3n) is 4.09. The SMILES string of the molecule is CCOC(=O)c1c(NCc2cccc(C(F)(F)F)c2)nc(S(C)=O)nc1-c1ccco1. The summed E-state index contributed by atoms with van der Waals surface area (Å²) in [6.07, 6.45) is -1.74. The molecule has 2 aromatic heterocycles. The zero-order valence-corrected chi connectivity index (χ0v) is 17.3. The maximum atomic E-state index is 13.0. The summed E-state index contributed by atoms with van der Waals surface area (Å²) < 4.78 is 61.5. The van der Waals surface area contributed by atoms with Crippen molar-refractivity contribution in [3.8, 4) is 11.5 Å². The molecule has 0 bridgehead atoms. The third kappa shape index (κ3) is 5.29. The van der Waals surface area contributed by atoms with Gasteiger partial charge in [-0.15, -0.1) is 0 Å². The van der Waals surface area contributed by atoms with Gasteiger partial charge < -0.3 is 14.5 Å². The van der Waals surface area contributed by atoms with Gasteiger partial charge >= 0.3 is 12.1 Å². The average Bonchev–Trinajstić information content (AvgIpc) is 3.26. The largest absolute Gasteiger partial charge is 0.463 e. The predicted molar refractivity (Wildman–Crippen MR) is 107 cm³/mol. The Kier molecular flexibility index (Phi) is 6.74. The molecule has 11 heteroatoms. The summed E-state index contributed by atoms with van der Waals surface area (Å²) in [7, 11) is -1.60. The molecule has 1 N–H and O–H groups in total. The van der Waals surface area contributed by atoms with E-state index in [1.165, 1.54) is 24.7 Å². The maximum absolute atomic E-state index is 13.0. The lowest BCUT2D eigenvalue weighted by Crippen LogP contribution is -2.16. The topological polar surface area (TPSA) is 94.3 Å². The fraction of sp³-hybridized carbons (Fsp3) is 0.250. The molecule has 1 unspecified atom stereocenters. The Hall–Kier alpha value is -3.21. The van der Waals surface area contributed by atoms with Crippen LogP contribution in [0.5, 0.6) is 0 Å². The van der Waals surface area contributed by atoms with Gasteiger partial charge in [0.15, 0.2) is 5.76 Å². The van der Waals surface area contributed by atoms with Crippen LogP contribution in [0.3, 0.4) is 0 Å². The number of benzene rings is 1. The highest BCUT2D eigenvalue weighted by atomic mass is 32.2. The number of rotatable bonds is 7. The number of nitrogens with zero attached hydrogens (tertiary/aromatic N) is 2. The van der Waals surface area contributed by atoms with Crippen LogP contribution in [0.25, 0.3) is 11.5 Å². The quantitative estimate of drug-likeness (QED) is 0.421. The van der Waals surface area contributed by atoms with Gasteiger partial charge in [-0.3, -0.25) is 4.21 Å². The van der Waals surface area contributed by atoms with E-state index in [1.54, 1.807) is 19.1 Å². The molecule has 0 saturated heterocycles. The molecule has 3 rings (SSSR count). The number of anilines is 1. The van der Waals surface area contributed by atoms with E-state index in [2.05, 4.69) is 15.3 Å². The molecule has 1 aromatic carbocycles. The summed E-state index contributed by atoms with van der Waals surface area (Å²) in [5.74, 6) is -0.560. The highest BCUT2D eigenvalue weighted by Gasteiger charge is 2.30. The van der Waals surface area contributed by atoms with Crippen molar-refractivity contribution < 1.29 is 31.3 Å². The van der Waals surface area contributed by atoms with E-state index in [4.69, 9.17) is 9.15 Å². The molecule has 2 heterocycles. The number of esters is 1. The van der Waals surface area contributed by atoms with Crippen LogP contribution < -0.4 is 5.32 Å². The molecule has 0 spiro atoms. The molecule has 31 heavy (non-hydrogen) atoms. The number of nitrogens with one attached hydrogen (secondary N) is 1. The molecule has 1 atom stereocenters. The summed E-state index contributed by atoms with van der Waals surface area (Å²) in [6.45, 7) is 1.61. The van der Waals surface area contributed by atoms with Crippen LogP contribution in [0.2, 0.25) is 0 Å². The van der Waals surface area contributed by atoms with Gasteiger partial charge in [0.2, 0.25) is 5.16 Å². The number of ether oxygens (including phenoxy) is 1. The van der Waals surface area contributed by atoms with Crippen LogP contribution in [0.15, 0.2) is 52.2 Å². The van der Waals surface area contributed by atoms with Crippen molar-refractivity contribution in [1.82, 2.24) is 9.97 Å². The van der Waals surface area contributed by atoms with Crippen molar-refractivity contribution in [2.45, 2.75) is 24.8 Å². The van der Waals surface area contributed by atoms with Crippen molar-refractivity contribution in [2.75, 3.05) is 18.2 Å². The molecule has 0 saturated carbocycles. The van der Waals surface area contributed by atoms with Crippen molar-refractivity contribution in [3.05, 3.63) is 59.4 Å². The average molecular weight is 453 g/mol. The molecule has 164 valence electrons. The molecule has 3 aromatic rings. The first kappa shape index (κ1) is 22.5. The normalized spacial score (nSPS) is 12.4. The van der Waals surface area contributed by atoms with E-state index >= 15 is 0 Å². The number of aromatic nitrogens is 2. The van der Waals surface area contributed by atoms with Crippen LogP contribution in [0, 0.1) is 0 Å². The Bertz CT molecular complexity index is 1100. The minimum atomic E-state index is -4.49. The summed E-state index contributed by atoms with van der Waals surface area (Å²) in [4.78, 5) is 21.0. The lowest BCUT2D eigenvalue weighted by atomic mass is 10.1. The number of furan rings is 1. The molecular formula is C20H18F3N3O4S. The standard InChI is InChI=1S/C20H18F3N3O4S/c1-3-29-18(27)15-16(14-8-5-9-30-14)25-19(31(2)28)26-17(15)24-11-12-6-4-7-13(10-12)20(21,22)23/h4-10H,3,11H2,1-2H3,(H,24,25,26). The van der Waals surface area contributed by atoms with Crippen LogP contribution in [-0.4, -0.2) is 33.0 Å². The highest BCUT2D eigenvalue weighted by Crippen LogP contribution is 2.31. The fourth-order valence-electron chi connectivity index (χ4n) is 2.73. The molecular weight excluding hydrogens is 435 g/mol. The van der Waals surface area contributed by atoms with E-state index in [-0.39, 0.29) is 41.1 Å². The van der Waals surface area contributed by atoms with E-state index in [0.717, 1.165) is 12.1 Å². The summed E-state index contributed by atoms with van der Waals surface area (Å²) in [5.41, 5.74) is -0.498. The van der Waals surface area contributed by atoms with Gasteiger partial charge in [-0.1, -0.05) is 12.1 Å². The zero-order chi connectivity index (χ0) is 22.6. The van der Waals surface area contributed by atoms with E-state index in [9.17, 15) is 22.2 Å². The summed E-state index contributed by atoms with van der Waals surface area (Å²) >= 11 is 0. The van der Waals surface area contributed by atoms with Crippen LogP contribution >= 0.6 is 0 Å². The lowest BCUT2D eigenvalue weighted by Gasteiger charge is -2.15. The van der Waals surface area contributed by atoms with E-state index in [0.29, 0.717) is 5.56 Å². The maximum Gasteiger partial charge on any atom is 0.416 e. The number of hydrogen-bond acceptors (Lipinski definition) is 7. The number of carbonyl (C=O) groups excluding carboxylic acids is 1. The molecule has 0 aliphatic rings. The number of halogens is 3. The molecule has 0 aliphatic heterocycles. The van der Waals surface area contributed by atoms with Crippen molar-refractivity contribution in [3.63, 3.8) is 0 Å². The second-order valence-corrected chi connectivity index (χ2v) is 7.56. The minimum Gasteiger partial charge on any atom is -0.463 e. The molecule has 0 radical (unpaired) electrons. The van der Waals surface area contributed by atoms with Crippen LogP contribution in [0.1, 0.15) is 28.4 Å². The summed E-state index contributed by atoms with van der Waals surface area (Å²) in [6, 6.07) is 7.89. The third-order valence-corrected chi connectivity index (χ3v) is 4.79. The van der Waals surface area contributed by atoms with E-state index < -0.39 is 28.5 Å². The Labute approximate surface area is 178 Å². The molecule has 0 fully saturated rings. The lowest BCUT2D eigenvalue weighted by molar-refractivity contribution is -0.137. The van der Waals surface area contributed by atoms with Gasteiger partial charge in [0.05, 0.1) is 29.2 Å². The number of carbonyl (C=O) groups is 1. The van der Waals surface area contributed by atoms with Gasteiger partial charge in [0, 0.05) is 12.8 Å². The smallest absolute Gasteiger partial charge is 0.416 e. The van der Waals surface area contributed by atoms with Gasteiger partial charge in [0.1, 0.15) is 17.1 Å². The molecule has 0 aliphatic carbocycles. The number of alkyl halides is 3. The first-order chi connectivity index (χ1) is 14.7. The van der Waals surface area contributed by atoms with Crippen molar-refractivity contribution >= 4 is 22.6 Å². The molecule has 7 nitrogen and oxygen atoms in total. The monoisotopic (exact) mass is 453 g/mol. The highest BCUT2D eigenvalue weighted by molar-refractivity contribution is 7.84. The van der Waals surface area contributed by atoms with E-state index in [1.807, 2.05) is 0 Å². The minimum absolute atomic E-state index is 0.0255. The Morgan fingerprint density at radius 1 is 1.23 bits per heavy atom. The Balaban J connectivity index is 2.05. The van der Waals surface area contributed by atoms with Crippen molar-refractivity contribution in [2.24, 2.45) is 0 Å². The van der Waals surface area contributed by atoms with Crippen LogP contribution in [-0.2, 0) is 28.3 Å². The van der Waals surface area contributed by atoms with Gasteiger partial charge in [-0.25, -0.2) is 14.8 Å². The van der Waals surface area contributed by atoms with Gasteiger partial charge in [0.25, 0.3) is 0 Å². The Morgan fingerprint density at radius 2 is 2.00 bits per heavy atom. The first-order valence-corrected chi connectivity index (χ1v) is 10.6. The Morgan fingerprint density at radius 3 is 2.61 bits per heavy atom. The second kappa shape index (κ2) is 9.29. The number of hydrogen-bond donors (Lipinski definition) is 1. The zero-order valence-electron chi connectivity index (χ0n) is 16.5. The van der Waals surface area contributed by atoms with Crippen molar-refractivity contribution in [1.29, 1.82) is 0 Å². The predicted octanol–water partition coefficient (Wildman–Crippen LogP) is 4.28. The van der Waals surface area contributed by atoms with Gasteiger partial charge in [-0.2, -0.15) is 13.2 Å². The fourth-order valence-corrected chi connectivity index (χ4v) is 3.17. The summed E-state index contributed by atoms with van der Waals surface area (Å²) in [5, 5.41) is 2.77. The first-order valence-electron chi connectivity index (χ1n) is 9.07. The van der Waals surface area contributed by atoms with Gasteiger partial charge in [-0.05, 0) is 36.8 Å². The second-order valence-electron chi connectivity index (χ2n) is 6.28. The van der Waals surface area contributed by atoms with Crippen LogP contribution in [0.4, 0.5) is 19.0 Å². The molecule has 0 amide bonds.